The highest BCUT2D eigenvalue weighted by molar-refractivity contribution is 7.09. The Morgan fingerprint density at radius 3 is 2.58 bits per heavy atom. The molecule has 0 bridgehead atoms. The molecule has 3 rings (SSSR count). The number of thiophene rings is 1. The summed E-state index contributed by atoms with van der Waals surface area (Å²) in [6, 6.07) is 10.9. The maximum Gasteiger partial charge on any atom is 0.254 e. The number of phenolic OH excluding ortho intramolecular Hbond substituents is 1. The number of carbonyl (C=O) groups excluding carboxylic acids is 1. The van der Waals surface area contributed by atoms with Gasteiger partial charge in [0.25, 0.3) is 5.91 Å². The van der Waals surface area contributed by atoms with Gasteiger partial charge in [0.15, 0.2) is 0 Å². The van der Waals surface area contributed by atoms with Crippen molar-refractivity contribution >= 4 is 17.2 Å². The molecular weight excluding hydrogens is 258 g/mol. The molecular formula is C15H15NO2S. The number of rotatable bonds is 4. The molecule has 0 aliphatic heterocycles. The van der Waals surface area contributed by atoms with E-state index in [9.17, 15) is 9.90 Å². The van der Waals surface area contributed by atoms with Crippen molar-refractivity contribution in [2.24, 2.45) is 0 Å². The lowest BCUT2D eigenvalue weighted by molar-refractivity contribution is 0.0731. The smallest absolute Gasteiger partial charge is 0.254 e. The van der Waals surface area contributed by atoms with E-state index in [0.29, 0.717) is 18.2 Å². The molecule has 1 aliphatic carbocycles. The standard InChI is InChI=1S/C15H15NO2S/c17-13-7-3-11(4-8-13)15(18)16(12-5-6-12)10-14-2-1-9-19-14/h1-4,7-9,12,17H,5-6,10H2. The summed E-state index contributed by atoms with van der Waals surface area (Å²) in [5, 5.41) is 11.3. The van der Waals surface area contributed by atoms with Crippen LogP contribution in [0.2, 0.25) is 0 Å². The molecule has 1 amide bonds. The van der Waals surface area contributed by atoms with Gasteiger partial charge in [-0.05, 0) is 48.6 Å². The van der Waals surface area contributed by atoms with Gasteiger partial charge < -0.3 is 10.0 Å². The second-order valence-electron chi connectivity index (χ2n) is 4.79. The van der Waals surface area contributed by atoms with Gasteiger partial charge in [-0.15, -0.1) is 11.3 Å². The third-order valence-corrected chi connectivity index (χ3v) is 4.13. The molecule has 19 heavy (non-hydrogen) atoms. The Hall–Kier alpha value is -1.81. The first-order valence-electron chi connectivity index (χ1n) is 6.36. The predicted octanol–water partition coefficient (Wildman–Crippen LogP) is 3.26. The average molecular weight is 273 g/mol. The maximum atomic E-state index is 12.5. The Bertz CT molecular complexity index is 558. The van der Waals surface area contributed by atoms with Crippen molar-refractivity contribution < 1.29 is 9.90 Å². The molecule has 1 fully saturated rings. The fourth-order valence-electron chi connectivity index (χ4n) is 2.09. The molecule has 0 saturated heterocycles. The van der Waals surface area contributed by atoms with Crippen LogP contribution in [0.1, 0.15) is 28.1 Å². The number of benzene rings is 1. The van der Waals surface area contributed by atoms with Crippen molar-refractivity contribution in [3.63, 3.8) is 0 Å². The van der Waals surface area contributed by atoms with Crippen molar-refractivity contribution in [3.8, 4) is 5.75 Å². The van der Waals surface area contributed by atoms with Crippen LogP contribution in [0.3, 0.4) is 0 Å². The average Bonchev–Trinajstić information content (AvgIpc) is 3.13. The van der Waals surface area contributed by atoms with E-state index in [1.807, 2.05) is 16.3 Å². The second kappa shape index (κ2) is 5.05. The summed E-state index contributed by atoms with van der Waals surface area (Å²) in [6.07, 6.45) is 2.18. The Morgan fingerprint density at radius 2 is 2.00 bits per heavy atom. The summed E-state index contributed by atoms with van der Waals surface area (Å²) in [4.78, 5) is 15.7. The van der Waals surface area contributed by atoms with Crippen molar-refractivity contribution in [1.82, 2.24) is 4.90 Å². The van der Waals surface area contributed by atoms with Crippen molar-refractivity contribution in [1.29, 1.82) is 0 Å². The van der Waals surface area contributed by atoms with Crippen LogP contribution in [-0.2, 0) is 6.54 Å². The lowest BCUT2D eigenvalue weighted by atomic mass is 10.2. The van der Waals surface area contributed by atoms with E-state index in [1.54, 1.807) is 35.6 Å². The molecule has 98 valence electrons. The molecule has 4 heteroatoms. The zero-order valence-electron chi connectivity index (χ0n) is 10.5. The molecule has 0 radical (unpaired) electrons. The van der Waals surface area contributed by atoms with Gasteiger partial charge in [0.2, 0.25) is 0 Å². The van der Waals surface area contributed by atoms with Crippen LogP contribution in [0.15, 0.2) is 41.8 Å². The zero-order valence-corrected chi connectivity index (χ0v) is 11.3. The van der Waals surface area contributed by atoms with Crippen molar-refractivity contribution in [3.05, 3.63) is 52.2 Å². The molecule has 1 aromatic heterocycles. The number of carbonyl (C=O) groups is 1. The summed E-state index contributed by atoms with van der Waals surface area (Å²) < 4.78 is 0. The minimum Gasteiger partial charge on any atom is -0.508 e. The van der Waals surface area contributed by atoms with Gasteiger partial charge >= 0.3 is 0 Å². The summed E-state index contributed by atoms with van der Waals surface area (Å²) in [5.74, 6) is 0.240. The Labute approximate surface area is 116 Å². The van der Waals surface area contributed by atoms with Crippen LogP contribution in [0.5, 0.6) is 5.75 Å². The highest BCUT2D eigenvalue weighted by atomic mass is 32.1. The largest absolute Gasteiger partial charge is 0.508 e. The van der Waals surface area contributed by atoms with Crippen molar-refractivity contribution in [2.75, 3.05) is 0 Å². The number of hydrogen-bond acceptors (Lipinski definition) is 3. The quantitative estimate of drug-likeness (QED) is 0.929. The summed E-state index contributed by atoms with van der Waals surface area (Å²) in [7, 11) is 0. The van der Waals surface area contributed by atoms with Gasteiger partial charge in [-0.3, -0.25) is 4.79 Å². The van der Waals surface area contributed by atoms with E-state index >= 15 is 0 Å². The van der Waals surface area contributed by atoms with E-state index in [4.69, 9.17) is 0 Å². The van der Waals surface area contributed by atoms with Gasteiger partial charge in [-0.1, -0.05) is 6.07 Å². The van der Waals surface area contributed by atoms with E-state index in [-0.39, 0.29) is 11.7 Å². The van der Waals surface area contributed by atoms with Crippen LogP contribution < -0.4 is 0 Å². The SMILES string of the molecule is O=C(c1ccc(O)cc1)N(Cc1cccs1)C1CC1. The third kappa shape index (κ3) is 2.79. The van der Waals surface area contributed by atoms with Crippen LogP contribution in [0, 0.1) is 0 Å². The lowest BCUT2D eigenvalue weighted by Crippen LogP contribution is -2.32. The molecule has 3 nitrogen and oxygen atoms in total. The summed E-state index contributed by atoms with van der Waals surface area (Å²) >= 11 is 1.68. The van der Waals surface area contributed by atoms with Crippen LogP contribution >= 0.6 is 11.3 Å². The van der Waals surface area contributed by atoms with Gasteiger partial charge in [0.1, 0.15) is 5.75 Å². The van der Waals surface area contributed by atoms with Gasteiger partial charge in [0, 0.05) is 16.5 Å². The zero-order chi connectivity index (χ0) is 13.2. The number of nitrogens with zero attached hydrogens (tertiary/aromatic N) is 1. The Kier molecular flexibility index (Phi) is 3.25. The highest BCUT2D eigenvalue weighted by Gasteiger charge is 2.33. The molecule has 2 aromatic rings. The molecule has 0 atom stereocenters. The fraction of sp³-hybridized carbons (Fsp3) is 0.267. The molecule has 0 spiro atoms. The minimum absolute atomic E-state index is 0.0518. The van der Waals surface area contributed by atoms with Crippen LogP contribution in [0.25, 0.3) is 0 Å². The Balaban J connectivity index is 1.79. The Morgan fingerprint density at radius 1 is 1.26 bits per heavy atom. The summed E-state index contributed by atoms with van der Waals surface area (Å²) in [5.41, 5.74) is 0.640. The van der Waals surface area contributed by atoms with Crippen molar-refractivity contribution in [2.45, 2.75) is 25.4 Å². The number of hydrogen-bond donors (Lipinski definition) is 1. The van der Waals surface area contributed by atoms with E-state index < -0.39 is 0 Å². The second-order valence-corrected chi connectivity index (χ2v) is 5.82. The summed E-state index contributed by atoms with van der Waals surface area (Å²) in [6.45, 7) is 0.683. The van der Waals surface area contributed by atoms with Gasteiger partial charge in [-0.25, -0.2) is 0 Å². The minimum atomic E-state index is 0.0518. The monoisotopic (exact) mass is 273 g/mol. The van der Waals surface area contributed by atoms with Gasteiger partial charge in [0.05, 0.1) is 6.54 Å². The normalized spacial score (nSPS) is 14.3. The third-order valence-electron chi connectivity index (χ3n) is 3.27. The molecule has 1 aliphatic rings. The highest BCUT2D eigenvalue weighted by Crippen LogP contribution is 2.30. The van der Waals surface area contributed by atoms with E-state index in [0.717, 1.165) is 12.8 Å². The van der Waals surface area contributed by atoms with Gasteiger partial charge in [-0.2, -0.15) is 0 Å². The van der Waals surface area contributed by atoms with Crippen LogP contribution in [0.4, 0.5) is 0 Å². The topological polar surface area (TPSA) is 40.5 Å². The lowest BCUT2D eigenvalue weighted by Gasteiger charge is -2.21. The van der Waals surface area contributed by atoms with E-state index in [1.165, 1.54) is 4.88 Å². The maximum absolute atomic E-state index is 12.5. The number of phenols is 1. The molecule has 1 saturated carbocycles. The molecule has 1 aromatic carbocycles. The first-order valence-corrected chi connectivity index (χ1v) is 7.24. The van der Waals surface area contributed by atoms with E-state index in [2.05, 4.69) is 6.07 Å². The number of aromatic hydroxyl groups is 1. The molecule has 1 N–H and O–H groups in total. The van der Waals surface area contributed by atoms with Crippen LogP contribution in [-0.4, -0.2) is 22.0 Å². The predicted molar refractivity (Wildman–Crippen MR) is 75.3 cm³/mol. The fourth-order valence-corrected chi connectivity index (χ4v) is 2.80. The molecule has 1 heterocycles. The first-order chi connectivity index (χ1) is 9.24. The first kappa shape index (κ1) is 12.2. The molecule has 0 unspecified atom stereocenters. The number of amides is 1.